The zero-order valence-corrected chi connectivity index (χ0v) is 14.2. The van der Waals surface area contributed by atoms with Crippen LogP contribution in [0.4, 0.5) is 0 Å². The Balaban J connectivity index is 1.91. The minimum atomic E-state index is -1.00. The molecule has 1 aromatic heterocycles. The third-order valence-corrected chi connectivity index (χ3v) is 4.29. The van der Waals surface area contributed by atoms with Crippen molar-refractivity contribution in [3.63, 3.8) is 0 Å². The summed E-state index contributed by atoms with van der Waals surface area (Å²) in [7, 11) is 0. The number of carbonyl (C=O) groups excluding carboxylic acids is 1. The van der Waals surface area contributed by atoms with E-state index in [9.17, 15) is 9.59 Å². The van der Waals surface area contributed by atoms with Crippen molar-refractivity contribution in [2.75, 3.05) is 0 Å². The molecule has 0 bridgehead atoms. The van der Waals surface area contributed by atoms with E-state index < -0.39 is 11.9 Å². The molecule has 6 nitrogen and oxygen atoms in total. The van der Waals surface area contributed by atoms with E-state index in [0.717, 1.165) is 16.8 Å². The Morgan fingerprint density at radius 1 is 1.32 bits per heavy atom. The van der Waals surface area contributed by atoms with Crippen LogP contribution in [0.15, 0.2) is 52.2 Å². The lowest BCUT2D eigenvalue weighted by atomic mass is 10.0. The van der Waals surface area contributed by atoms with E-state index in [-0.39, 0.29) is 18.4 Å². The molecule has 1 aromatic carbocycles. The van der Waals surface area contributed by atoms with Crippen LogP contribution >= 0.6 is 0 Å². The number of carbonyl (C=O) groups is 2. The molecule has 0 spiro atoms. The first kappa shape index (κ1) is 17.0. The van der Waals surface area contributed by atoms with Gasteiger partial charge in [-0.3, -0.25) is 9.59 Å². The van der Waals surface area contributed by atoms with Crippen molar-refractivity contribution in [2.24, 2.45) is 11.0 Å². The smallest absolute Gasteiger partial charge is 0.304 e. The van der Waals surface area contributed by atoms with Gasteiger partial charge in [0, 0.05) is 12.3 Å². The molecule has 3 rings (SSSR count). The van der Waals surface area contributed by atoms with Crippen LogP contribution in [0.1, 0.15) is 42.7 Å². The molecule has 130 valence electrons. The third-order valence-electron chi connectivity index (χ3n) is 4.29. The van der Waals surface area contributed by atoms with E-state index in [4.69, 9.17) is 9.52 Å². The molecule has 0 radical (unpaired) electrons. The Labute approximate surface area is 145 Å². The van der Waals surface area contributed by atoms with Gasteiger partial charge in [0.05, 0.1) is 18.4 Å². The van der Waals surface area contributed by atoms with Crippen LogP contribution in [0.3, 0.4) is 0 Å². The van der Waals surface area contributed by atoms with Crippen LogP contribution in [0.2, 0.25) is 0 Å². The lowest BCUT2D eigenvalue weighted by Crippen LogP contribution is -2.32. The highest BCUT2D eigenvalue weighted by molar-refractivity contribution is 6.03. The lowest BCUT2D eigenvalue weighted by molar-refractivity contribution is -0.145. The molecule has 2 atom stereocenters. The van der Waals surface area contributed by atoms with Crippen molar-refractivity contribution in [1.82, 2.24) is 5.01 Å². The summed E-state index contributed by atoms with van der Waals surface area (Å²) < 4.78 is 5.48. The van der Waals surface area contributed by atoms with Crippen LogP contribution in [0.5, 0.6) is 0 Å². The molecule has 0 saturated heterocycles. The maximum atomic E-state index is 12.7. The number of hydrogen-bond acceptors (Lipinski definition) is 4. The first-order valence-corrected chi connectivity index (χ1v) is 8.18. The number of hydrazone groups is 1. The maximum Gasteiger partial charge on any atom is 0.304 e. The first-order valence-electron chi connectivity index (χ1n) is 8.18. The van der Waals surface area contributed by atoms with Gasteiger partial charge in [0.1, 0.15) is 11.8 Å². The van der Waals surface area contributed by atoms with E-state index in [1.165, 1.54) is 5.01 Å². The zero-order chi connectivity index (χ0) is 18.0. The fourth-order valence-electron chi connectivity index (χ4n) is 2.91. The van der Waals surface area contributed by atoms with Crippen molar-refractivity contribution in [3.05, 3.63) is 59.5 Å². The van der Waals surface area contributed by atoms with Gasteiger partial charge in [0.25, 0.3) is 0 Å². The molecule has 25 heavy (non-hydrogen) atoms. The van der Waals surface area contributed by atoms with Crippen LogP contribution in [0, 0.1) is 12.8 Å². The highest BCUT2D eigenvalue weighted by Gasteiger charge is 2.37. The molecular formula is C19H20N2O4. The molecule has 2 aromatic rings. The molecule has 0 aliphatic carbocycles. The van der Waals surface area contributed by atoms with E-state index in [0.29, 0.717) is 12.2 Å². The molecule has 1 aliphatic rings. The number of amides is 1. The van der Waals surface area contributed by atoms with Gasteiger partial charge in [-0.05, 0) is 24.6 Å². The zero-order valence-electron chi connectivity index (χ0n) is 14.2. The van der Waals surface area contributed by atoms with Gasteiger partial charge in [0.15, 0.2) is 0 Å². The predicted molar refractivity (Wildman–Crippen MR) is 92.0 cm³/mol. The molecule has 1 N–H and O–H groups in total. The highest BCUT2D eigenvalue weighted by Crippen LogP contribution is 2.34. The molecule has 1 amide bonds. The number of rotatable bonds is 5. The number of nitrogens with zero attached hydrogens (tertiary/aromatic N) is 2. The van der Waals surface area contributed by atoms with E-state index >= 15 is 0 Å². The van der Waals surface area contributed by atoms with Crippen LogP contribution in [-0.4, -0.2) is 27.7 Å². The van der Waals surface area contributed by atoms with E-state index in [1.54, 1.807) is 25.3 Å². The normalized spacial score (nSPS) is 18.1. The minimum Gasteiger partial charge on any atom is -0.481 e. The van der Waals surface area contributed by atoms with Crippen molar-refractivity contribution in [3.8, 4) is 0 Å². The lowest BCUT2D eigenvalue weighted by Gasteiger charge is -2.22. The number of aryl methyl sites for hydroxylation is 1. The van der Waals surface area contributed by atoms with Crippen LogP contribution in [-0.2, 0) is 9.59 Å². The number of carboxylic acids is 1. The maximum absolute atomic E-state index is 12.7. The highest BCUT2D eigenvalue weighted by atomic mass is 16.4. The predicted octanol–water partition coefficient (Wildman–Crippen LogP) is 3.38. The summed E-state index contributed by atoms with van der Waals surface area (Å²) in [6.45, 7) is 3.62. The van der Waals surface area contributed by atoms with Gasteiger partial charge >= 0.3 is 5.97 Å². The fourth-order valence-corrected chi connectivity index (χ4v) is 2.91. The average molecular weight is 340 g/mol. The van der Waals surface area contributed by atoms with Gasteiger partial charge in [-0.25, -0.2) is 5.01 Å². The molecule has 0 fully saturated rings. The molecule has 0 saturated carbocycles. The number of benzene rings is 1. The van der Waals surface area contributed by atoms with Gasteiger partial charge in [-0.1, -0.05) is 36.8 Å². The largest absolute Gasteiger partial charge is 0.481 e. The Kier molecular flexibility index (Phi) is 4.70. The van der Waals surface area contributed by atoms with Crippen molar-refractivity contribution in [1.29, 1.82) is 0 Å². The summed E-state index contributed by atoms with van der Waals surface area (Å²) in [5, 5.41) is 14.8. The molecule has 1 aliphatic heterocycles. The van der Waals surface area contributed by atoms with E-state index in [2.05, 4.69) is 5.10 Å². The molecule has 2 unspecified atom stereocenters. The number of furan rings is 1. The fraction of sp³-hybridized carbons (Fsp3) is 0.316. The Morgan fingerprint density at radius 2 is 2.04 bits per heavy atom. The summed E-state index contributed by atoms with van der Waals surface area (Å²) in [4.78, 5) is 23.7. The van der Waals surface area contributed by atoms with Gasteiger partial charge in [0.2, 0.25) is 5.91 Å². The molecular weight excluding hydrogens is 320 g/mol. The monoisotopic (exact) mass is 340 g/mol. The Hall–Kier alpha value is -2.89. The van der Waals surface area contributed by atoms with Gasteiger partial charge < -0.3 is 9.52 Å². The third kappa shape index (κ3) is 3.63. The Morgan fingerprint density at radius 3 is 2.64 bits per heavy atom. The average Bonchev–Trinajstić information content (AvgIpc) is 3.23. The summed E-state index contributed by atoms with van der Waals surface area (Å²) in [6.07, 6.45) is 1.86. The number of aliphatic carboxylic acids is 1. The molecule has 2 heterocycles. The van der Waals surface area contributed by atoms with Crippen LogP contribution < -0.4 is 0 Å². The SMILES string of the molecule is Cc1ccc(C2=NN(C(=O)C(C)CC(=O)O)C(c3ccco3)C2)cc1. The van der Waals surface area contributed by atoms with Crippen molar-refractivity contribution < 1.29 is 19.1 Å². The first-order chi connectivity index (χ1) is 12.0. The number of carboxylic acid groups (broad SMARTS) is 1. The van der Waals surface area contributed by atoms with Crippen molar-refractivity contribution >= 4 is 17.6 Å². The van der Waals surface area contributed by atoms with Gasteiger partial charge in [-0.15, -0.1) is 0 Å². The second-order valence-corrected chi connectivity index (χ2v) is 6.33. The summed E-state index contributed by atoms with van der Waals surface area (Å²) >= 11 is 0. The Bertz CT molecular complexity index is 793. The summed E-state index contributed by atoms with van der Waals surface area (Å²) in [5.74, 6) is -1.33. The summed E-state index contributed by atoms with van der Waals surface area (Å²) in [6, 6.07) is 11.2. The topological polar surface area (TPSA) is 83.1 Å². The van der Waals surface area contributed by atoms with Crippen LogP contribution in [0.25, 0.3) is 0 Å². The number of hydrogen-bond donors (Lipinski definition) is 1. The van der Waals surface area contributed by atoms with Crippen molar-refractivity contribution in [2.45, 2.75) is 32.7 Å². The van der Waals surface area contributed by atoms with Gasteiger partial charge in [-0.2, -0.15) is 5.10 Å². The summed E-state index contributed by atoms with van der Waals surface area (Å²) in [5.41, 5.74) is 2.88. The molecule has 6 heteroatoms. The standard InChI is InChI=1S/C19H20N2O4/c1-12-5-7-14(8-6-12)15-11-16(17-4-3-9-25-17)21(20-15)19(24)13(2)10-18(22)23/h3-9,13,16H,10-11H2,1-2H3,(H,22,23). The van der Waals surface area contributed by atoms with E-state index in [1.807, 2.05) is 31.2 Å². The quantitative estimate of drug-likeness (QED) is 0.904. The minimum absolute atomic E-state index is 0.227. The second-order valence-electron chi connectivity index (χ2n) is 6.33. The second kappa shape index (κ2) is 6.93.